The molecule has 1 atom stereocenters. The molecule has 1 saturated heterocycles. The number of halogens is 1. The average molecular weight is 428 g/mol. The summed E-state index contributed by atoms with van der Waals surface area (Å²) in [4.78, 5) is 39.0. The number of anilines is 2. The summed E-state index contributed by atoms with van der Waals surface area (Å²) in [6.07, 6.45) is 2.09. The molecule has 2 aliphatic rings. The Morgan fingerprint density at radius 2 is 1.93 bits per heavy atom. The number of methoxy groups -OCH3 is 1. The van der Waals surface area contributed by atoms with Gasteiger partial charge in [-0.1, -0.05) is 23.7 Å². The molecule has 0 bridgehead atoms. The van der Waals surface area contributed by atoms with Crippen LogP contribution in [-0.2, 0) is 9.59 Å². The van der Waals surface area contributed by atoms with E-state index in [1.54, 1.807) is 42.3 Å². The van der Waals surface area contributed by atoms with Crippen molar-refractivity contribution in [3.63, 3.8) is 0 Å². The summed E-state index contributed by atoms with van der Waals surface area (Å²) >= 11 is 6.24. The van der Waals surface area contributed by atoms with E-state index in [1.807, 2.05) is 12.1 Å². The van der Waals surface area contributed by atoms with Crippen LogP contribution in [0.25, 0.3) is 0 Å². The van der Waals surface area contributed by atoms with Crippen molar-refractivity contribution in [3.05, 3.63) is 53.1 Å². The maximum Gasteiger partial charge on any atom is 0.253 e. The smallest absolute Gasteiger partial charge is 0.253 e. The van der Waals surface area contributed by atoms with Gasteiger partial charge in [-0.2, -0.15) is 0 Å². The highest BCUT2D eigenvalue weighted by atomic mass is 35.5. The van der Waals surface area contributed by atoms with Gasteiger partial charge in [0, 0.05) is 24.7 Å². The first kappa shape index (κ1) is 20.2. The lowest BCUT2D eigenvalue weighted by Crippen LogP contribution is -2.28. The van der Waals surface area contributed by atoms with Crippen molar-refractivity contribution in [2.45, 2.75) is 25.3 Å². The molecule has 30 heavy (non-hydrogen) atoms. The average Bonchev–Trinajstić information content (AvgIpc) is 3.46. The third-order valence-corrected chi connectivity index (χ3v) is 5.58. The van der Waals surface area contributed by atoms with Gasteiger partial charge in [0.2, 0.25) is 11.8 Å². The molecule has 4 rings (SSSR count). The van der Waals surface area contributed by atoms with Crippen LogP contribution < -0.4 is 20.3 Å². The van der Waals surface area contributed by atoms with E-state index in [1.165, 1.54) is 0 Å². The molecule has 156 valence electrons. The quantitative estimate of drug-likeness (QED) is 0.740. The molecule has 1 saturated carbocycles. The molecule has 3 amide bonds. The van der Waals surface area contributed by atoms with E-state index in [9.17, 15) is 14.4 Å². The number of rotatable bonds is 6. The van der Waals surface area contributed by atoms with Crippen molar-refractivity contribution >= 4 is 40.7 Å². The number of carbonyl (C=O) groups is 3. The van der Waals surface area contributed by atoms with E-state index < -0.39 is 5.92 Å². The Hall–Kier alpha value is -3.06. The molecule has 2 aromatic rings. The predicted octanol–water partition coefficient (Wildman–Crippen LogP) is 3.23. The normalized spacial score (nSPS) is 18.3. The minimum absolute atomic E-state index is 0.111. The zero-order valence-electron chi connectivity index (χ0n) is 16.5. The maximum atomic E-state index is 12.7. The van der Waals surface area contributed by atoms with Gasteiger partial charge in [-0.05, 0) is 43.2 Å². The Kier molecular flexibility index (Phi) is 5.63. The molecule has 2 N–H and O–H groups in total. The van der Waals surface area contributed by atoms with Gasteiger partial charge in [0.15, 0.2) is 0 Å². The van der Waals surface area contributed by atoms with Gasteiger partial charge in [0.05, 0.1) is 29.3 Å². The lowest BCUT2D eigenvalue weighted by Gasteiger charge is -2.19. The second kappa shape index (κ2) is 8.36. The van der Waals surface area contributed by atoms with Gasteiger partial charge < -0.3 is 20.3 Å². The van der Waals surface area contributed by atoms with Gasteiger partial charge in [-0.15, -0.1) is 0 Å². The van der Waals surface area contributed by atoms with Crippen LogP contribution in [0, 0.1) is 5.92 Å². The SMILES string of the molecule is COc1ccccc1N1CC(C(=O)Nc2ccc(C(=O)NC3CC3)c(Cl)c2)CC1=O. The molecule has 1 heterocycles. The third-order valence-electron chi connectivity index (χ3n) is 5.27. The molecule has 1 aliphatic carbocycles. The van der Waals surface area contributed by atoms with Crippen LogP contribution in [0.1, 0.15) is 29.6 Å². The Morgan fingerprint density at radius 3 is 2.63 bits per heavy atom. The third kappa shape index (κ3) is 4.26. The number of para-hydroxylation sites is 2. The second-order valence-electron chi connectivity index (χ2n) is 7.51. The summed E-state index contributed by atoms with van der Waals surface area (Å²) in [5.74, 6) is -0.538. The highest BCUT2D eigenvalue weighted by Gasteiger charge is 2.36. The molecule has 1 aliphatic heterocycles. The number of carbonyl (C=O) groups excluding carboxylic acids is 3. The predicted molar refractivity (Wildman–Crippen MR) is 114 cm³/mol. The Balaban J connectivity index is 1.42. The van der Waals surface area contributed by atoms with Crippen molar-refractivity contribution in [2.75, 3.05) is 23.9 Å². The van der Waals surface area contributed by atoms with Crippen LogP contribution in [0.2, 0.25) is 5.02 Å². The van der Waals surface area contributed by atoms with Crippen molar-refractivity contribution in [1.29, 1.82) is 0 Å². The standard InChI is InChI=1S/C22H22ClN3O4/c1-30-19-5-3-2-4-18(19)26-12-13(10-20(26)27)21(28)25-15-8-9-16(17(23)11-15)22(29)24-14-6-7-14/h2-5,8-9,11,13-14H,6-7,10,12H2,1H3,(H,24,29)(H,25,28). The maximum absolute atomic E-state index is 12.7. The van der Waals surface area contributed by atoms with E-state index >= 15 is 0 Å². The van der Waals surface area contributed by atoms with Crippen molar-refractivity contribution in [3.8, 4) is 5.75 Å². The molecule has 0 aromatic heterocycles. The number of nitrogens with zero attached hydrogens (tertiary/aromatic N) is 1. The Bertz CT molecular complexity index is 1010. The van der Waals surface area contributed by atoms with Crippen LogP contribution in [0.3, 0.4) is 0 Å². The molecule has 1 unspecified atom stereocenters. The minimum atomic E-state index is -0.501. The molecular formula is C22H22ClN3O4. The van der Waals surface area contributed by atoms with Gasteiger partial charge in [0.1, 0.15) is 5.75 Å². The molecular weight excluding hydrogens is 406 g/mol. The first-order chi connectivity index (χ1) is 14.5. The summed E-state index contributed by atoms with van der Waals surface area (Å²) in [6, 6.07) is 12.2. The number of nitrogens with one attached hydrogen (secondary N) is 2. The van der Waals surface area contributed by atoms with E-state index in [2.05, 4.69) is 10.6 Å². The van der Waals surface area contributed by atoms with Crippen LogP contribution in [0.4, 0.5) is 11.4 Å². The fourth-order valence-corrected chi connectivity index (χ4v) is 3.75. The van der Waals surface area contributed by atoms with E-state index in [-0.39, 0.29) is 41.8 Å². The summed E-state index contributed by atoms with van der Waals surface area (Å²) in [6.45, 7) is 0.265. The van der Waals surface area contributed by atoms with Crippen LogP contribution in [0.15, 0.2) is 42.5 Å². The highest BCUT2D eigenvalue weighted by molar-refractivity contribution is 6.34. The molecule has 7 nitrogen and oxygen atoms in total. The largest absolute Gasteiger partial charge is 0.495 e. The zero-order chi connectivity index (χ0) is 21.3. The first-order valence-corrected chi connectivity index (χ1v) is 10.2. The fourth-order valence-electron chi connectivity index (χ4n) is 3.48. The highest BCUT2D eigenvalue weighted by Crippen LogP contribution is 2.33. The molecule has 2 fully saturated rings. The van der Waals surface area contributed by atoms with Gasteiger partial charge in [-0.25, -0.2) is 0 Å². The second-order valence-corrected chi connectivity index (χ2v) is 7.92. The number of hydrogen-bond acceptors (Lipinski definition) is 4. The van der Waals surface area contributed by atoms with Crippen molar-refractivity contribution in [1.82, 2.24) is 5.32 Å². The number of ether oxygens (including phenoxy) is 1. The molecule has 0 radical (unpaired) electrons. The Labute approximate surface area is 179 Å². The molecule has 8 heteroatoms. The topological polar surface area (TPSA) is 87.7 Å². The summed E-state index contributed by atoms with van der Waals surface area (Å²) in [7, 11) is 1.54. The summed E-state index contributed by atoms with van der Waals surface area (Å²) in [5, 5.41) is 5.95. The van der Waals surface area contributed by atoms with Gasteiger partial charge >= 0.3 is 0 Å². The van der Waals surface area contributed by atoms with Gasteiger partial charge in [-0.3, -0.25) is 14.4 Å². The van der Waals surface area contributed by atoms with Gasteiger partial charge in [0.25, 0.3) is 5.91 Å². The first-order valence-electron chi connectivity index (χ1n) is 9.81. The number of hydrogen-bond donors (Lipinski definition) is 2. The number of benzene rings is 2. The lowest BCUT2D eigenvalue weighted by atomic mass is 10.1. The zero-order valence-corrected chi connectivity index (χ0v) is 17.2. The van der Waals surface area contributed by atoms with Crippen molar-refractivity contribution < 1.29 is 19.1 Å². The molecule has 0 spiro atoms. The van der Waals surface area contributed by atoms with Crippen LogP contribution in [-0.4, -0.2) is 37.4 Å². The van der Waals surface area contributed by atoms with E-state index in [0.717, 1.165) is 12.8 Å². The van der Waals surface area contributed by atoms with E-state index in [0.29, 0.717) is 22.7 Å². The number of amides is 3. The van der Waals surface area contributed by atoms with E-state index in [4.69, 9.17) is 16.3 Å². The van der Waals surface area contributed by atoms with Crippen LogP contribution in [0.5, 0.6) is 5.75 Å². The molecule has 2 aromatic carbocycles. The lowest BCUT2D eigenvalue weighted by molar-refractivity contribution is -0.122. The Morgan fingerprint density at radius 1 is 1.17 bits per heavy atom. The summed E-state index contributed by atoms with van der Waals surface area (Å²) in [5.41, 5.74) is 1.51. The van der Waals surface area contributed by atoms with Crippen LogP contribution >= 0.6 is 11.6 Å². The van der Waals surface area contributed by atoms with Crippen molar-refractivity contribution in [2.24, 2.45) is 5.92 Å². The summed E-state index contributed by atoms with van der Waals surface area (Å²) < 4.78 is 5.33. The fraction of sp³-hybridized carbons (Fsp3) is 0.318. The minimum Gasteiger partial charge on any atom is -0.495 e. The monoisotopic (exact) mass is 427 g/mol.